The molecule has 0 saturated carbocycles. The van der Waals surface area contributed by atoms with Crippen LogP contribution in [0.3, 0.4) is 0 Å². The third-order valence-corrected chi connectivity index (χ3v) is 4.84. The average molecular weight is 277 g/mol. The Morgan fingerprint density at radius 3 is 2.84 bits per heavy atom. The first-order valence-electron chi connectivity index (χ1n) is 6.73. The van der Waals surface area contributed by atoms with Crippen molar-refractivity contribution in [3.8, 4) is 5.75 Å². The maximum atomic E-state index is 11.2. The number of fused-ring (bicyclic) bond motifs is 3. The van der Waals surface area contributed by atoms with Crippen molar-refractivity contribution < 1.29 is 9.15 Å². The van der Waals surface area contributed by atoms with Crippen LogP contribution < -0.4 is 15.0 Å². The van der Waals surface area contributed by atoms with Crippen LogP contribution in [0.15, 0.2) is 27.4 Å². The van der Waals surface area contributed by atoms with E-state index in [2.05, 4.69) is 5.32 Å². The van der Waals surface area contributed by atoms with Gasteiger partial charge in [-0.1, -0.05) is 11.3 Å². The molecule has 1 N–H and O–H groups in total. The van der Waals surface area contributed by atoms with Crippen LogP contribution in [0.2, 0.25) is 0 Å². The first kappa shape index (κ1) is 11.5. The number of nitrogens with one attached hydrogen (secondary N) is 1. The molecule has 0 radical (unpaired) electrons. The van der Waals surface area contributed by atoms with E-state index in [1.54, 1.807) is 0 Å². The van der Waals surface area contributed by atoms with Crippen molar-refractivity contribution >= 4 is 21.6 Å². The van der Waals surface area contributed by atoms with Crippen LogP contribution in [0.4, 0.5) is 0 Å². The number of hydrogen-bond acceptors (Lipinski definition) is 5. The molecule has 2 fully saturated rings. The van der Waals surface area contributed by atoms with Crippen LogP contribution in [-0.2, 0) is 0 Å². The maximum absolute atomic E-state index is 11.2. The minimum Gasteiger partial charge on any atom is -0.490 e. The molecule has 19 heavy (non-hydrogen) atoms. The lowest BCUT2D eigenvalue weighted by Gasteiger charge is -2.29. The average Bonchev–Trinajstić information content (AvgIpc) is 2.91. The van der Waals surface area contributed by atoms with Crippen LogP contribution >= 0.6 is 11.3 Å². The Balaban J connectivity index is 1.56. The molecule has 0 aliphatic carbocycles. The molecule has 100 valence electrons. The standard InChI is InChI=1S/C14H15NO3S/c16-14-18-12-7-10(3-4-13(12)19-14)17-11-5-8-1-2-9(6-11)15-8/h3-4,7-9,11,15H,1-2,5-6H2/t8-,9+,11+. The molecule has 2 aliphatic rings. The Morgan fingerprint density at radius 2 is 2.05 bits per heavy atom. The summed E-state index contributed by atoms with van der Waals surface area (Å²) in [6.45, 7) is 0. The summed E-state index contributed by atoms with van der Waals surface area (Å²) in [6.07, 6.45) is 4.96. The Kier molecular flexibility index (Phi) is 2.63. The SMILES string of the molecule is O=c1oc2cc(O[C@H]3C[C@H]4CC[C@@H](C3)N4)ccc2s1. The highest BCUT2D eigenvalue weighted by Gasteiger charge is 2.34. The predicted octanol–water partition coefficient (Wildman–Crippen LogP) is 2.52. The minimum absolute atomic E-state index is 0.257. The molecule has 1 aromatic carbocycles. The summed E-state index contributed by atoms with van der Waals surface area (Å²) in [6, 6.07) is 6.89. The molecule has 0 amide bonds. The van der Waals surface area contributed by atoms with Gasteiger partial charge >= 0.3 is 4.94 Å². The zero-order valence-electron chi connectivity index (χ0n) is 10.4. The second-order valence-electron chi connectivity index (χ2n) is 5.41. The van der Waals surface area contributed by atoms with Gasteiger partial charge in [-0.3, -0.25) is 0 Å². The number of ether oxygens (including phenoxy) is 1. The van der Waals surface area contributed by atoms with E-state index in [0.29, 0.717) is 17.7 Å². The first-order chi connectivity index (χ1) is 9.26. The van der Waals surface area contributed by atoms with Gasteiger partial charge in [0.15, 0.2) is 5.58 Å². The number of rotatable bonds is 2. The van der Waals surface area contributed by atoms with Crippen molar-refractivity contribution in [2.45, 2.75) is 43.9 Å². The van der Waals surface area contributed by atoms with Gasteiger partial charge < -0.3 is 14.5 Å². The van der Waals surface area contributed by atoms with Crippen molar-refractivity contribution in [1.29, 1.82) is 0 Å². The lowest BCUT2D eigenvalue weighted by Crippen LogP contribution is -2.42. The molecule has 4 rings (SSSR count). The molecule has 2 bridgehead atoms. The highest BCUT2D eigenvalue weighted by Crippen LogP contribution is 2.30. The molecule has 0 unspecified atom stereocenters. The van der Waals surface area contributed by atoms with E-state index >= 15 is 0 Å². The van der Waals surface area contributed by atoms with Gasteiger partial charge in [0.2, 0.25) is 0 Å². The van der Waals surface area contributed by atoms with E-state index in [1.165, 1.54) is 12.8 Å². The normalized spacial score (nSPS) is 29.8. The molecular formula is C14H15NO3S. The van der Waals surface area contributed by atoms with E-state index in [-0.39, 0.29) is 11.0 Å². The van der Waals surface area contributed by atoms with E-state index in [1.807, 2.05) is 18.2 Å². The van der Waals surface area contributed by atoms with Gasteiger partial charge in [-0.15, -0.1) is 0 Å². The highest BCUT2D eigenvalue weighted by atomic mass is 32.1. The molecule has 3 heterocycles. The summed E-state index contributed by atoms with van der Waals surface area (Å²) < 4.78 is 12.1. The Labute approximate surface area is 114 Å². The van der Waals surface area contributed by atoms with Gasteiger partial charge in [0, 0.05) is 18.2 Å². The summed E-state index contributed by atoms with van der Waals surface area (Å²) in [5, 5.41) is 3.60. The van der Waals surface area contributed by atoms with Crippen molar-refractivity contribution in [3.05, 3.63) is 27.9 Å². The first-order valence-corrected chi connectivity index (χ1v) is 7.54. The summed E-state index contributed by atoms with van der Waals surface area (Å²) in [7, 11) is 0. The topological polar surface area (TPSA) is 51.5 Å². The van der Waals surface area contributed by atoms with E-state index in [4.69, 9.17) is 9.15 Å². The van der Waals surface area contributed by atoms with Gasteiger partial charge in [-0.2, -0.15) is 0 Å². The van der Waals surface area contributed by atoms with E-state index < -0.39 is 0 Å². The van der Waals surface area contributed by atoms with Gasteiger partial charge in [0.05, 0.1) is 4.70 Å². The Bertz CT molecular complexity index is 650. The summed E-state index contributed by atoms with van der Waals surface area (Å²) >= 11 is 1.13. The molecule has 2 saturated heterocycles. The van der Waals surface area contributed by atoms with E-state index in [0.717, 1.165) is 34.6 Å². The fourth-order valence-electron chi connectivity index (χ4n) is 3.22. The maximum Gasteiger partial charge on any atom is 0.396 e. The molecule has 4 nitrogen and oxygen atoms in total. The second kappa shape index (κ2) is 4.35. The summed E-state index contributed by atoms with van der Waals surface area (Å²) in [5.74, 6) is 0.806. The zero-order valence-corrected chi connectivity index (χ0v) is 11.2. The third kappa shape index (κ3) is 2.17. The van der Waals surface area contributed by atoms with Crippen molar-refractivity contribution in [2.24, 2.45) is 0 Å². The zero-order chi connectivity index (χ0) is 12.8. The van der Waals surface area contributed by atoms with Gasteiger partial charge in [0.1, 0.15) is 11.9 Å². The molecule has 2 aromatic rings. The molecule has 0 spiro atoms. The monoisotopic (exact) mass is 277 g/mol. The molecular weight excluding hydrogens is 262 g/mol. The lowest BCUT2D eigenvalue weighted by molar-refractivity contribution is 0.137. The van der Waals surface area contributed by atoms with Gasteiger partial charge in [-0.05, 0) is 37.8 Å². The van der Waals surface area contributed by atoms with E-state index in [9.17, 15) is 4.79 Å². The quantitative estimate of drug-likeness (QED) is 0.916. The fourth-order valence-corrected chi connectivity index (χ4v) is 3.87. The molecule has 3 atom stereocenters. The highest BCUT2D eigenvalue weighted by molar-refractivity contribution is 7.16. The van der Waals surface area contributed by atoms with Gasteiger partial charge in [0.25, 0.3) is 0 Å². The smallest absolute Gasteiger partial charge is 0.396 e. The fraction of sp³-hybridized carbons (Fsp3) is 0.500. The van der Waals surface area contributed by atoms with Crippen LogP contribution in [0.5, 0.6) is 5.75 Å². The summed E-state index contributed by atoms with van der Waals surface area (Å²) in [5.41, 5.74) is 0.629. The number of benzene rings is 1. The largest absolute Gasteiger partial charge is 0.490 e. The minimum atomic E-state index is -0.257. The number of hydrogen-bond donors (Lipinski definition) is 1. The molecule has 2 aliphatic heterocycles. The van der Waals surface area contributed by atoms with Crippen molar-refractivity contribution in [1.82, 2.24) is 5.32 Å². The van der Waals surface area contributed by atoms with Crippen molar-refractivity contribution in [2.75, 3.05) is 0 Å². The third-order valence-electron chi connectivity index (χ3n) is 4.03. The molecule has 5 heteroatoms. The molecule has 1 aromatic heterocycles. The number of piperidine rings is 1. The summed E-state index contributed by atoms with van der Waals surface area (Å²) in [4.78, 5) is 10.9. The van der Waals surface area contributed by atoms with Crippen molar-refractivity contribution in [3.63, 3.8) is 0 Å². The van der Waals surface area contributed by atoms with Crippen LogP contribution in [-0.4, -0.2) is 18.2 Å². The predicted molar refractivity (Wildman–Crippen MR) is 74.0 cm³/mol. The van der Waals surface area contributed by atoms with Crippen LogP contribution in [0, 0.1) is 0 Å². The van der Waals surface area contributed by atoms with Crippen LogP contribution in [0.25, 0.3) is 10.3 Å². The second-order valence-corrected chi connectivity index (χ2v) is 6.39. The Hall–Kier alpha value is -1.33. The lowest BCUT2D eigenvalue weighted by atomic mass is 10.0. The Morgan fingerprint density at radius 1 is 1.26 bits per heavy atom. The van der Waals surface area contributed by atoms with Gasteiger partial charge in [-0.25, -0.2) is 4.79 Å². The van der Waals surface area contributed by atoms with Crippen LogP contribution in [0.1, 0.15) is 25.7 Å².